The van der Waals surface area contributed by atoms with Crippen LogP contribution in [0.2, 0.25) is 0 Å². The number of likely N-dealkylation sites (N-methyl/N-ethyl adjacent to an activating group) is 1. The third-order valence-corrected chi connectivity index (χ3v) is 6.21. The van der Waals surface area contributed by atoms with E-state index in [1.165, 1.54) is 4.90 Å². The fourth-order valence-electron chi connectivity index (χ4n) is 2.88. The van der Waals surface area contributed by atoms with E-state index in [0.29, 0.717) is 19.5 Å². The monoisotopic (exact) mass is 453 g/mol. The van der Waals surface area contributed by atoms with Crippen LogP contribution >= 0.6 is 0 Å². The first-order valence-electron chi connectivity index (χ1n) is 10.6. The summed E-state index contributed by atoms with van der Waals surface area (Å²) in [6, 6.07) is 6.64. The molecule has 1 aliphatic rings. The molecule has 174 valence electrons. The summed E-state index contributed by atoms with van der Waals surface area (Å²) >= 11 is 0. The van der Waals surface area contributed by atoms with Crippen molar-refractivity contribution in [2.45, 2.75) is 63.0 Å². The summed E-state index contributed by atoms with van der Waals surface area (Å²) < 4.78 is 32.5. The molecule has 0 radical (unpaired) electrons. The Morgan fingerprint density at radius 2 is 1.71 bits per heavy atom. The summed E-state index contributed by atoms with van der Waals surface area (Å²) in [6.07, 6.45) is 2.45. The minimum Gasteiger partial charge on any atom is -0.459 e. The first-order chi connectivity index (χ1) is 14.4. The first kappa shape index (κ1) is 25.3. The fraction of sp³-hybridized carbons (Fsp3) is 0.636. The number of amides is 1. The van der Waals surface area contributed by atoms with Crippen LogP contribution in [0.15, 0.2) is 29.2 Å². The van der Waals surface area contributed by atoms with Crippen molar-refractivity contribution in [2.75, 3.05) is 33.7 Å². The molecule has 0 bridgehead atoms. The Labute approximate surface area is 186 Å². The Morgan fingerprint density at radius 3 is 2.23 bits per heavy atom. The molecule has 2 rings (SSSR count). The Bertz CT molecular complexity index is 856. The molecule has 0 saturated heterocycles. The van der Waals surface area contributed by atoms with Crippen molar-refractivity contribution < 1.29 is 22.7 Å². The molecule has 0 aromatic heterocycles. The van der Waals surface area contributed by atoms with Crippen molar-refractivity contribution in [2.24, 2.45) is 0 Å². The Balaban J connectivity index is 1.94. The van der Waals surface area contributed by atoms with Crippen LogP contribution in [0.5, 0.6) is 0 Å². The maximum absolute atomic E-state index is 12.8. The molecule has 1 fully saturated rings. The molecule has 31 heavy (non-hydrogen) atoms. The van der Waals surface area contributed by atoms with Crippen LogP contribution in [0, 0.1) is 0 Å². The fourth-order valence-corrected chi connectivity index (χ4v) is 4.18. The standard InChI is InChI=1S/C22H35N3O5S/c1-22(2,3)30-21(27)16-25(15-14-24(4)5)20(26)13-8-17-6-11-19(12-7-17)31(28,29)23-18-9-10-18/h6-7,11-12,18,23H,8-10,13-16H2,1-5H3. The van der Waals surface area contributed by atoms with E-state index in [4.69, 9.17) is 4.74 Å². The van der Waals surface area contributed by atoms with Gasteiger partial charge < -0.3 is 14.5 Å². The predicted octanol–water partition coefficient (Wildman–Crippen LogP) is 1.79. The van der Waals surface area contributed by atoms with Gasteiger partial charge in [-0.25, -0.2) is 13.1 Å². The molecule has 8 nitrogen and oxygen atoms in total. The van der Waals surface area contributed by atoms with Crippen molar-refractivity contribution >= 4 is 21.9 Å². The first-order valence-corrected chi connectivity index (χ1v) is 12.1. The normalized spacial score (nSPS) is 14.5. The van der Waals surface area contributed by atoms with Crippen LogP contribution in [0.25, 0.3) is 0 Å². The van der Waals surface area contributed by atoms with Gasteiger partial charge >= 0.3 is 5.97 Å². The van der Waals surface area contributed by atoms with E-state index < -0.39 is 21.6 Å². The highest BCUT2D eigenvalue weighted by Gasteiger charge is 2.28. The van der Waals surface area contributed by atoms with Crippen molar-refractivity contribution in [1.29, 1.82) is 0 Å². The molecule has 0 spiro atoms. The smallest absolute Gasteiger partial charge is 0.326 e. The van der Waals surface area contributed by atoms with Crippen molar-refractivity contribution in [1.82, 2.24) is 14.5 Å². The summed E-state index contributed by atoms with van der Waals surface area (Å²) in [4.78, 5) is 28.7. The van der Waals surface area contributed by atoms with Crippen LogP contribution in [0.4, 0.5) is 0 Å². The highest BCUT2D eigenvalue weighted by molar-refractivity contribution is 7.89. The molecular formula is C22H35N3O5S. The van der Waals surface area contributed by atoms with Crippen molar-refractivity contribution in [3.63, 3.8) is 0 Å². The van der Waals surface area contributed by atoms with Gasteiger partial charge in [-0.15, -0.1) is 0 Å². The highest BCUT2D eigenvalue weighted by atomic mass is 32.2. The van der Waals surface area contributed by atoms with Crippen LogP contribution < -0.4 is 4.72 Å². The van der Waals surface area contributed by atoms with E-state index in [-0.39, 0.29) is 29.8 Å². The van der Waals surface area contributed by atoms with Gasteiger partial charge in [-0.3, -0.25) is 9.59 Å². The third-order valence-electron chi connectivity index (χ3n) is 4.67. The van der Waals surface area contributed by atoms with Gasteiger partial charge in [0.25, 0.3) is 0 Å². The number of carbonyl (C=O) groups is 2. The zero-order chi connectivity index (χ0) is 23.2. The van der Waals surface area contributed by atoms with Crippen LogP contribution in [-0.2, 0) is 30.8 Å². The van der Waals surface area contributed by atoms with Crippen molar-refractivity contribution in [3.05, 3.63) is 29.8 Å². The zero-order valence-corrected chi connectivity index (χ0v) is 20.0. The molecule has 1 saturated carbocycles. The van der Waals surface area contributed by atoms with Gasteiger partial charge in [0.05, 0.1) is 4.90 Å². The van der Waals surface area contributed by atoms with E-state index in [9.17, 15) is 18.0 Å². The predicted molar refractivity (Wildman–Crippen MR) is 119 cm³/mol. The number of benzene rings is 1. The van der Waals surface area contributed by atoms with E-state index in [1.807, 2.05) is 19.0 Å². The maximum atomic E-state index is 12.8. The van der Waals surface area contributed by atoms with Crippen LogP contribution in [0.3, 0.4) is 0 Å². The second-order valence-electron chi connectivity index (χ2n) is 9.24. The van der Waals surface area contributed by atoms with E-state index in [2.05, 4.69) is 4.72 Å². The van der Waals surface area contributed by atoms with Gasteiger partial charge in [-0.1, -0.05) is 12.1 Å². The third kappa shape index (κ3) is 9.37. The number of nitrogens with zero attached hydrogens (tertiary/aromatic N) is 2. The molecule has 1 N–H and O–H groups in total. The minimum absolute atomic E-state index is 0.0559. The Hall–Kier alpha value is -1.97. The molecular weight excluding hydrogens is 418 g/mol. The van der Waals surface area contributed by atoms with Gasteiger partial charge in [0.2, 0.25) is 15.9 Å². The average molecular weight is 454 g/mol. The lowest BCUT2D eigenvalue weighted by Gasteiger charge is -2.26. The zero-order valence-electron chi connectivity index (χ0n) is 19.2. The SMILES string of the molecule is CN(C)CCN(CC(=O)OC(C)(C)C)C(=O)CCc1ccc(S(=O)(=O)NC2CC2)cc1. The number of ether oxygens (including phenoxy) is 1. The van der Waals surface area contributed by atoms with Crippen molar-refractivity contribution in [3.8, 4) is 0 Å². The quantitative estimate of drug-likeness (QED) is 0.513. The molecule has 9 heteroatoms. The van der Waals surface area contributed by atoms with E-state index >= 15 is 0 Å². The molecule has 0 aliphatic heterocycles. The summed E-state index contributed by atoms with van der Waals surface area (Å²) in [7, 11) is 0.329. The minimum atomic E-state index is -3.48. The number of sulfonamides is 1. The molecule has 1 aromatic rings. The lowest BCUT2D eigenvalue weighted by molar-refractivity contribution is -0.159. The van der Waals surface area contributed by atoms with Gasteiger partial charge in [-0.2, -0.15) is 0 Å². The molecule has 0 heterocycles. The Morgan fingerprint density at radius 1 is 1.10 bits per heavy atom. The van der Waals surface area contributed by atoms with Crippen LogP contribution in [-0.4, -0.2) is 75.5 Å². The number of esters is 1. The number of carbonyl (C=O) groups excluding carboxylic acids is 2. The summed E-state index contributed by atoms with van der Waals surface area (Å²) in [5, 5.41) is 0. The molecule has 1 aliphatic carbocycles. The summed E-state index contributed by atoms with van der Waals surface area (Å²) in [6.45, 7) is 6.35. The number of nitrogens with one attached hydrogen (secondary N) is 1. The average Bonchev–Trinajstić information content (AvgIpc) is 3.45. The highest BCUT2D eigenvalue weighted by Crippen LogP contribution is 2.22. The van der Waals surface area contributed by atoms with Gasteiger partial charge in [-0.05, 0) is 71.8 Å². The van der Waals surface area contributed by atoms with E-state index in [0.717, 1.165) is 18.4 Å². The number of hydrogen-bond acceptors (Lipinski definition) is 6. The van der Waals surface area contributed by atoms with Crippen LogP contribution in [0.1, 0.15) is 45.6 Å². The van der Waals surface area contributed by atoms with Gasteiger partial charge in [0.1, 0.15) is 12.1 Å². The second-order valence-corrected chi connectivity index (χ2v) is 11.0. The molecule has 1 aromatic carbocycles. The summed E-state index contributed by atoms with van der Waals surface area (Å²) in [5.74, 6) is -0.572. The van der Waals surface area contributed by atoms with E-state index in [1.54, 1.807) is 45.0 Å². The Kier molecular flexibility index (Phi) is 8.62. The number of aryl methyl sites for hydroxylation is 1. The largest absolute Gasteiger partial charge is 0.459 e. The topological polar surface area (TPSA) is 96.0 Å². The number of hydrogen-bond donors (Lipinski definition) is 1. The molecule has 0 atom stereocenters. The molecule has 0 unspecified atom stereocenters. The van der Waals surface area contributed by atoms with Gasteiger partial charge in [0.15, 0.2) is 0 Å². The molecule has 1 amide bonds. The number of rotatable bonds is 11. The maximum Gasteiger partial charge on any atom is 0.326 e. The lowest BCUT2D eigenvalue weighted by Crippen LogP contribution is -2.42. The van der Waals surface area contributed by atoms with Gasteiger partial charge in [0, 0.05) is 25.6 Å². The summed E-state index contributed by atoms with van der Waals surface area (Å²) in [5.41, 5.74) is 0.257. The lowest BCUT2D eigenvalue weighted by atomic mass is 10.1. The second kappa shape index (κ2) is 10.6.